The molecular formula is C20H21N3O5. The lowest BCUT2D eigenvalue weighted by molar-refractivity contribution is -0.385. The third-order valence-electron chi connectivity index (χ3n) is 5.10. The van der Waals surface area contributed by atoms with Crippen LogP contribution >= 0.6 is 0 Å². The number of nitrogens with one attached hydrogen (secondary N) is 1. The Morgan fingerprint density at radius 1 is 1.14 bits per heavy atom. The highest BCUT2D eigenvalue weighted by Crippen LogP contribution is 2.35. The molecule has 28 heavy (non-hydrogen) atoms. The molecule has 1 fully saturated rings. The molecule has 2 aromatic rings. The fourth-order valence-corrected chi connectivity index (χ4v) is 3.56. The van der Waals surface area contributed by atoms with Gasteiger partial charge in [-0.3, -0.25) is 14.9 Å². The van der Waals surface area contributed by atoms with Gasteiger partial charge in [-0.1, -0.05) is 6.07 Å². The number of likely N-dealkylation sites (tertiary alicyclic amines) is 1. The van der Waals surface area contributed by atoms with Crippen LogP contribution in [0.3, 0.4) is 0 Å². The van der Waals surface area contributed by atoms with Gasteiger partial charge < -0.3 is 19.7 Å². The summed E-state index contributed by atoms with van der Waals surface area (Å²) >= 11 is 0. The number of fused-ring (bicyclic) bond motifs is 1. The van der Waals surface area contributed by atoms with Crippen molar-refractivity contribution in [2.45, 2.75) is 25.8 Å². The zero-order chi connectivity index (χ0) is 19.7. The van der Waals surface area contributed by atoms with Crippen molar-refractivity contribution in [3.05, 3.63) is 57.6 Å². The average Bonchev–Trinajstić information content (AvgIpc) is 3.38. The molecule has 1 N–H and O–H groups in total. The van der Waals surface area contributed by atoms with Gasteiger partial charge >= 0.3 is 0 Å². The van der Waals surface area contributed by atoms with Crippen LogP contribution in [0.4, 0.5) is 11.4 Å². The molecule has 2 aliphatic heterocycles. The Labute approximate surface area is 162 Å². The van der Waals surface area contributed by atoms with E-state index < -0.39 is 4.92 Å². The van der Waals surface area contributed by atoms with E-state index in [0.717, 1.165) is 18.4 Å². The monoisotopic (exact) mass is 383 g/mol. The van der Waals surface area contributed by atoms with Crippen LogP contribution in [0.2, 0.25) is 0 Å². The van der Waals surface area contributed by atoms with Crippen molar-refractivity contribution in [2.75, 3.05) is 25.2 Å². The van der Waals surface area contributed by atoms with Gasteiger partial charge in [0.2, 0.25) is 6.79 Å². The molecule has 1 amide bonds. The summed E-state index contributed by atoms with van der Waals surface area (Å²) < 4.78 is 10.7. The number of hydrogen-bond acceptors (Lipinski definition) is 6. The maximum Gasteiger partial charge on any atom is 0.282 e. The molecule has 0 saturated carbocycles. The van der Waals surface area contributed by atoms with Crippen molar-refractivity contribution in [3.63, 3.8) is 0 Å². The zero-order valence-corrected chi connectivity index (χ0v) is 15.5. The van der Waals surface area contributed by atoms with Gasteiger partial charge in [-0.05, 0) is 49.6 Å². The molecule has 0 spiro atoms. The fourth-order valence-electron chi connectivity index (χ4n) is 3.56. The molecule has 1 unspecified atom stereocenters. The van der Waals surface area contributed by atoms with Crippen molar-refractivity contribution in [2.24, 2.45) is 0 Å². The summed E-state index contributed by atoms with van der Waals surface area (Å²) in [4.78, 5) is 25.3. The molecule has 0 bridgehead atoms. The summed E-state index contributed by atoms with van der Waals surface area (Å²) in [5.74, 6) is 1.12. The normalized spacial score (nSPS) is 16.1. The minimum atomic E-state index is -0.506. The molecule has 8 nitrogen and oxygen atoms in total. The number of carbonyl (C=O) groups excluding carboxylic acids is 1. The summed E-state index contributed by atoms with van der Waals surface area (Å²) in [6.45, 7) is 3.47. The Morgan fingerprint density at radius 2 is 1.89 bits per heavy atom. The topological polar surface area (TPSA) is 93.9 Å². The molecule has 0 aromatic heterocycles. The van der Waals surface area contributed by atoms with Crippen LogP contribution in [0.1, 0.15) is 41.7 Å². The number of amides is 1. The van der Waals surface area contributed by atoms with Gasteiger partial charge in [0.05, 0.1) is 4.92 Å². The smallest absolute Gasteiger partial charge is 0.282 e. The Hall–Kier alpha value is -3.29. The summed E-state index contributed by atoms with van der Waals surface area (Å²) in [7, 11) is 0. The summed E-state index contributed by atoms with van der Waals surface area (Å²) in [6.07, 6.45) is 1.86. The second-order valence-electron chi connectivity index (χ2n) is 6.97. The van der Waals surface area contributed by atoms with E-state index in [0.29, 0.717) is 30.3 Å². The van der Waals surface area contributed by atoms with Crippen LogP contribution in [0.25, 0.3) is 0 Å². The van der Waals surface area contributed by atoms with E-state index in [1.165, 1.54) is 6.07 Å². The predicted molar refractivity (Wildman–Crippen MR) is 103 cm³/mol. The fraction of sp³-hybridized carbons (Fsp3) is 0.350. The van der Waals surface area contributed by atoms with Crippen LogP contribution in [0.5, 0.6) is 11.5 Å². The van der Waals surface area contributed by atoms with E-state index in [2.05, 4.69) is 5.32 Å². The lowest BCUT2D eigenvalue weighted by Crippen LogP contribution is -2.28. The van der Waals surface area contributed by atoms with Gasteiger partial charge in [0.1, 0.15) is 5.56 Å². The minimum absolute atomic E-state index is 0.0919. The molecule has 8 heteroatoms. The number of rotatable bonds is 5. The maximum atomic E-state index is 12.8. The highest BCUT2D eigenvalue weighted by molar-refractivity contribution is 5.99. The first-order valence-corrected chi connectivity index (χ1v) is 9.27. The molecule has 0 radical (unpaired) electrons. The van der Waals surface area contributed by atoms with Crippen LogP contribution in [0.15, 0.2) is 36.4 Å². The third kappa shape index (κ3) is 3.45. The zero-order valence-electron chi connectivity index (χ0n) is 15.5. The number of nitro benzene ring substituents is 1. The number of hydrogen-bond donors (Lipinski definition) is 1. The van der Waals surface area contributed by atoms with Gasteiger partial charge in [0.15, 0.2) is 11.5 Å². The highest BCUT2D eigenvalue weighted by atomic mass is 16.7. The molecule has 4 rings (SSSR count). The Bertz CT molecular complexity index is 924. The first kappa shape index (κ1) is 18.1. The van der Waals surface area contributed by atoms with Crippen LogP contribution in [-0.2, 0) is 0 Å². The van der Waals surface area contributed by atoms with E-state index in [1.807, 2.05) is 25.1 Å². The van der Waals surface area contributed by atoms with Crippen LogP contribution < -0.4 is 14.8 Å². The summed E-state index contributed by atoms with van der Waals surface area (Å²) in [6, 6.07) is 10.2. The number of ether oxygens (including phenoxy) is 2. The lowest BCUT2D eigenvalue weighted by Gasteiger charge is -2.19. The first-order valence-electron chi connectivity index (χ1n) is 9.27. The molecule has 146 valence electrons. The van der Waals surface area contributed by atoms with Crippen molar-refractivity contribution in [1.82, 2.24) is 4.90 Å². The Morgan fingerprint density at radius 3 is 2.64 bits per heavy atom. The predicted octanol–water partition coefficient (Wildman–Crippen LogP) is 3.73. The first-order chi connectivity index (χ1) is 13.5. The van der Waals surface area contributed by atoms with Gasteiger partial charge in [-0.15, -0.1) is 0 Å². The minimum Gasteiger partial charge on any atom is -0.454 e. The quantitative estimate of drug-likeness (QED) is 0.624. The second kappa shape index (κ2) is 7.38. The van der Waals surface area contributed by atoms with E-state index in [4.69, 9.17) is 9.47 Å². The van der Waals surface area contributed by atoms with Gasteiger partial charge in [-0.2, -0.15) is 0 Å². The molecule has 2 aliphatic rings. The molecular weight excluding hydrogens is 362 g/mol. The SMILES string of the molecule is CC(Nc1ccc([N+](=O)[O-])c(C(=O)N2CCCC2)c1)c1ccc2c(c1)OCO2. The highest BCUT2D eigenvalue weighted by Gasteiger charge is 2.27. The van der Waals surface area contributed by atoms with E-state index in [1.54, 1.807) is 17.0 Å². The Kier molecular flexibility index (Phi) is 4.77. The number of carbonyl (C=O) groups is 1. The van der Waals surface area contributed by atoms with Gasteiger partial charge in [0, 0.05) is 30.9 Å². The van der Waals surface area contributed by atoms with E-state index in [9.17, 15) is 14.9 Å². The molecule has 1 saturated heterocycles. The molecule has 1 atom stereocenters. The van der Waals surface area contributed by atoms with Crippen molar-refractivity contribution in [1.29, 1.82) is 0 Å². The number of nitrogens with zero attached hydrogens (tertiary/aromatic N) is 2. The standard InChI is InChI=1S/C20H21N3O5/c1-13(14-4-7-18-19(10-14)28-12-27-18)21-15-5-6-17(23(25)26)16(11-15)20(24)22-8-2-3-9-22/h4-7,10-11,13,21H,2-3,8-9,12H2,1H3. The van der Waals surface area contributed by atoms with Crippen molar-refractivity contribution >= 4 is 17.3 Å². The molecule has 2 aromatic carbocycles. The Balaban J connectivity index is 1.58. The van der Waals surface area contributed by atoms with Crippen molar-refractivity contribution in [3.8, 4) is 11.5 Å². The number of nitro groups is 1. The molecule has 0 aliphatic carbocycles. The average molecular weight is 383 g/mol. The maximum absolute atomic E-state index is 12.8. The lowest BCUT2D eigenvalue weighted by atomic mass is 10.1. The summed E-state index contributed by atoms with van der Waals surface area (Å²) in [5, 5.41) is 14.7. The summed E-state index contributed by atoms with van der Waals surface area (Å²) in [5.41, 5.74) is 1.58. The number of anilines is 1. The van der Waals surface area contributed by atoms with E-state index >= 15 is 0 Å². The second-order valence-corrected chi connectivity index (χ2v) is 6.97. The largest absolute Gasteiger partial charge is 0.454 e. The van der Waals surface area contributed by atoms with Crippen LogP contribution in [0, 0.1) is 10.1 Å². The number of benzene rings is 2. The molecule has 2 heterocycles. The van der Waals surface area contributed by atoms with E-state index in [-0.39, 0.29) is 30.0 Å². The third-order valence-corrected chi connectivity index (χ3v) is 5.10. The van der Waals surface area contributed by atoms with Crippen LogP contribution in [-0.4, -0.2) is 35.6 Å². The van der Waals surface area contributed by atoms with Gasteiger partial charge in [0.25, 0.3) is 11.6 Å². The van der Waals surface area contributed by atoms with Gasteiger partial charge in [-0.25, -0.2) is 0 Å². The van der Waals surface area contributed by atoms with Crippen molar-refractivity contribution < 1.29 is 19.2 Å².